The van der Waals surface area contributed by atoms with Crippen molar-refractivity contribution < 1.29 is 9.59 Å². The fraction of sp³-hybridized carbons (Fsp3) is 0.308. The van der Waals surface area contributed by atoms with Gasteiger partial charge in [-0.1, -0.05) is 0 Å². The molecular weight excluding hydrogens is 244 g/mol. The van der Waals surface area contributed by atoms with Gasteiger partial charge in [0, 0.05) is 7.05 Å². The molecule has 1 fully saturated rings. The highest BCUT2D eigenvalue weighted by molar-refractivity contribution is 6.46. The Morgan fingerprint density at radius 3 is 2.63 bits per heavy atom. The molecule has 1 aromatic rings. The average molecular weight is 258 g/mol. The number of imide groups is 1. The van der Waals surface area contributed by atoms with E-state index in [-0.39, 0.29) is 0 Å². The number of urea groups is 1. The molecule has 0 aliphatic carbocycles. The van der Waals surface area contributed by atoms with Gasteiger partial charge in [-0.2, -0.15) is 0 Å². The Labute approximate surface area is 110 Å². The van der Waals surface area contributed by atoms with E-state index in [0.29, 0.717) is 5.71 Å². The third kappa shape index (κ3) is 1.68. The number of hydrogen-bond donors (Lipinski definition) is 2. The number of nitrogens with one attached hydrogen (secondary N) is 2. The Balaban J connectivity index is 2.17. The number of carbonyl (C=O) groups is 2. The second-order valence-corrected chi connectivity index (χ2v) is 4.86. The summed E-state index contributed by atoms with van der Waals surface area (Å²) in [5.74, 6) is -0.440. The lowest BCUT2D eigenvalue weighted by molar-refractivity contribution is -0.114. The number of carbonyl (C=O) groups excluding carboxylic acids is 2. The van der Waals surface area contributed by atoms with Gasteiger partial charge in [0.25, 0.3) is 5.91 Å². The molecule has 0 bridgehead atoms. The van der Waals surface area contributed by atoms with Gasteiger partial charge in [-0.05, 0) is 37.1 Å². The molecular formula is C13H14N4O2. The first-order valence-electron chi connectivity index (χ1n) is 6.02. The van der Waals surface area contributed by atoms with Gasteiger partial charge in [0.1, 0.15) is 5.71 Å². The summed E-state index contributed by atoms with van der Waals surface area (Å²) < 4.78 is 0. The highest BCUT2D eigenvalue weighted by Gasteiger charge is 2.37. The third-order valence-corrected chi connectivity index (χ3v) is 3.59. The van der Waals surface area contributed by atoms with Crippen LogP contribution in [0.25, 0.3) is 0 Å². The molecule has 2 aliphatic rings. The molecule has 0 radical (unpaired) electrons. The lowest BCUT2D eigenvalue weighted by Gasteiger charge is -2.37. The maximum atomic E-state index is 11.8. The molecule has 6 nitrogen and oxygen atoms in total. The Bertz CT molecular complexity index is 636. The lowest BCUT2D eigenvalue weighted by Crippen LogP contribution is -2.65. The van der Waals surface area contributed by atoms with Crippen LogP contribution in [-0.4, -0.2) is 30.9 Å². The molecule has 1 aromatic carbocycles. The number of aryl methyl sites for hydroxylation is 2. The largest absolute Gasteiger partial charge is 0.347 e. The highest BCUT2D eigenvalue weighted by atomic mass is 16.2. The number of anilines is 1. The summed E-state index contributed by atoms with van der Waals surface area (Å²) >= 11 is 0. The van der Waals surface area contributed by atoms with Gasteiger partial charge in [-0.3, -0.25) is 10.1 Å². The van der Waals surface area contributed by atoms with E-state index in [4.69, 9.17) is 0 Å². The van der Waals surface area contributed by atoms with Crippen molar-refractivity contribution in [2.75, 3.05) is 11.9 Å². The van der Waals surface area contributed by atoms with Crippen LogP contribution in [0.4, 0.5) is 16.2 Å². The Hall–Kier alpha value is -2.37. The maximum Gasteiger partial charge on any atom is 0.323 e. The van der Waals surface area contributed by atoms with Gasteiger partial charge in [0.05, 0.1) is 11.4 Å². The van der Waals surface area contributed by atoms with Crippen molar-refractivity contribution in [3.63, 3.8) is 0 Å². The molecule has 2 N–H and O–H groups in total. The van der Waals surface area contributed by atoms with Crippen LogP contribution in [0, 0.1) is 13.8 Å². The monoisotopic (exact) mass is 258 g/mol. The minimum Gasteiger partial charge on any atom is -0.347 e. The molecule has 1 unspecified atom stereocenters. The number of nitrogens with zero attached hydrogens (tertiary/aromatic N) is 2. The molecule has 2 heterocycles. The molecule has 3 rings (SSSR count). The molecule has 19 heavy (non-hydrogen) atoms. The topological polar surface area (TPSA) is 73.8 Å². The fourth-order valence-electron chi connectivity index (χ4n) is 2.34. The van der Waals surface area contributed by atoms with Crippen LogP contribution in [0.2, 0.25) is 0 Å². The summed E-state index contributed by atoms with van der Waals surface area (Å²) in [4.78, 5) is 29.4. The first kappa shape index (κ1) is 11.7. The molecule has 6 heteroatoms. The van der Waals surface area contributed by atoms with Gasteiger partial charge < -0.3 is 10.2 Å². The van der Waals surface area contributed by atoms with Gasteiger partial charge >= 0.3 is 6.03 Å². The number of fused-ring (bicyclic) bond motifs is 2. The first-order chi connectivity index (χ1) is 8.97. The van der Waals surface area contributed by atoms with Gasteiger partial charge in [0.2, 0.25) is 0 Å². The van der Waals surface area contributed by atoms with Crippen molar-refractivity contribution in [2.45, 2.75) is 20.0 Å². The van der Waals surface area contributed by atoms with E-state index >= 15 is 0 Å². The number of rotatable bonds is 0. The van der Waals surface area contributed by atoms with E-state index in [1.54, 1.807) is 0 Å². The summed E-state index contributed by atoms with van der Waals surface area (Å²) in [6, 6.07) is 3.48. The van der Waals surface area contributed by atoms with Crippen LogP contribution in [0.3, 0.4) is 0 Å². The van der Waals surface area contributed by atoms with Gasteiger partial charge in [0.15, 0.2) is 6.17 Å². The lowest BCUT2D eigenvalue weighted by atomic mass is 10.0. The van der Waals surface area contributed by atoms with E-state index in [0.717, 1.165) is 22.5 Å². The van der Waals surface area contributed by atoms with Gasteiger partial charge in [-0.15, -0.1) is 0 Å². The third-order valence-electron chi connectivity index (χ3n) is 3.59. The predicted molar refractivity (Wildman–Crippen MR) is 71.9 cm³/mol. The smallest absolute Gasteiger partial charge is 0.323 e. The van der Waals surface area contributed by atoms with Gasteiger partial charge in [-0.25, -0.2) is 9.79 Å². The number of amides is 3. The highest BCUT2D eigenvalue weighted by Crippen LogP contribution is 2.35. The Morgan fingerprint density at radius 2 is 1.89 bits per heavy atom. The maximum absolute atomic E-state index is 11.8. The molecule has 2 aliphatic heterocycles. The van der Waals surface area contributed by atoms with E-state index < -0.39 is 18.1 Å². The molecule has 1 atom stereocenters. The molecule has 0 saturated carbocycles. The van der Waals surface area contributed by atoms with Crippen molar-refractivity contribution in [3.8, 4) is 0 Å². The van der Waals surface area contributed by atoms with Crippen LogP contribution >= 0.6 is 0 Å². The number of aliphatic imine (C=N–C) groups is 1. The minimum absolute atomic E-state index is 0.317. The van der Waals surface area contributed by atoms with Crippen molar-refractivity contribution in [3.05, 3.63) is 23.3 Å². The van der Waals surface area contributed by atoms with E-state index in [1.807, 2.05) is 37.9 Å². The van der Waals surface area contributed by atoms with E-state index in [9.17, 15) is 9.59 Å². The van der Waals surface area contributed by atoms with E-state index in [2.05, 4.69) is 15.6 Å². The SMILES string of the molecule is Cc1cc2c(cc1C)N(C)C1NC(=O)NC(=O)C1=N2. The van der Waals surface area contributed by atoms with Crippen molar-refractivity contribution in [1.29, 1.82) is 0 Å². The molecule has 0 spiro atoms. The second-order valence-electron chi connectivity index (χ2n) is 4.86. The molecule has 1 saturated heterocycles. The minimum atomic E-state index is -0.504. The average Bonchev–Trinajstić information content (AvgIpc) is 2.34. The fourth-order valence-corrected chi connectivity index (χ4v) is 2.34. The first-order valence-corrected chi connectivity index (χ1v) is 6.02. The number of benzene rings is 1. The van der Waals surface area contributed by atoms with Crippen LogP contribution < -0.4 is 15.5 Å². The zero-order chi connectivity index (χ0) is 13.7. The van der Waals surface area contributed by atoms with Crippen molar-refractivity contribution in [2.24, 2.45) is 4.99 Å². The summed E-state index contributed by atoms with van der Waals surface area (Å²) in [5.41, 5.74) is 4.25. The zero-order valence-electron chi connectivity index (χ0n) is 10.9. The summed E-state index contributed by atoms with van der Waals surface area (Å²) in [7, 11) is 1.84. The summed E-state index contributed by atoms with van der Waals surface area (Å²) in [5, 5.41) is 4.91. The van der Waals surface area contributed by atoms with Crippen molar-refractivity contribution in [1.82, 2.24) is 10.6 Å². The van der Waals surface area contributed by atoms with E-state index in [1.165, 1.54) is 0 Å². The quantitative estimate of drug-likeness (QED) is 0.728. The van der Waals surface area contributed by atoms with Crippen molar-refractivity contribution >= 4 is 29.0 Å². The number of hydrogen-bond acceptors (Lipinski definition) is 4. The summed E-state index contributed by atoms with van der Waals surface area (Å²) in [6.07, 6.45) is -0.504. The predicted octanol–water partition coefficient (Wildman–Crippen LogP) is 0.991. The standard InChI is InChI=1S/C13H14N4O2/c1-6-4-8-9(5-7(6)2)17(3)11-10(14-8)12(18)16-13(19)15-11/h4-5,11H,1-3H3,(H2,15,16,18,19). The van der Waals surface area contributed by atoms with Crippen LogP contribution in [0.5, 0.6) is 0 Å². The molecule has 3 amide bonds. The summed E-state index contributed by atoms with van der Waals surface area (Å²) in [6.45, 7) is 4.03. The second kappa shape index (κ2) is 3.81. The zero-order valence-corrected chi connectivity index (χ0v) is 10.9. The Morgan fingerprint density at radius 1 is 1.21 bits per heavy atom. The Kier molecular flexibility index (Phi) is 2.35. The normalized spacial score (nSPS) is 21.1. The molecule has 98 valence electrons. The van der Waals surface area contributed by atoms with Crippen LogP contribution in [0.1, 0.15) is 11.1 Å². The van der Waals surface area contributed by atoms with Crippen LogP contribution in [0.15, 0.2) is 17.1 Å². The van der Waals surface area contributed by atoms with Crippen LogP contribution in [-0.2, 0) is 4.79 Å². The molecule has 0 aromatic heterocycles.